The van der Waals surface area contributed by atoms with E-state index < -0.39 is 0 Å². The fraction of sp³-hybridized carbons (Fsp3) is 0.350. The molecule has 0 unspecified atom stereocenters. The van der Waals surface area contributed by atoms with E-state index in [4.69, 9.17) is 9.84 Å². The van der Waals surface area contributed by atoms with Crippen LogP contribution in [0.25, 0.3) is 0 Å². The van der Waals surface area contributed by atoms with Crippen molar-refractivity contribution in [2.45, 2.75) is 25.9 Å². The third-order valence-electron chi connectivity index (χ3n) is 4.35. The van der Waals surface area contributed by atoms with Crippen LogP contribution in [0.5, 0.6) is 5.75 Å². The van der Waals surface area contributed by atoms with E-state index in [9.17, 15) is 4.79 Å². The van der Waals surface area contributed by atoms with Crippen LogP contribution in [0.4, 0.5) is 5.69 Å². The number of aliphatic hydroxyl groups is 1. The molecule has 0 bridgehead atoms. The zero-order valence-corrected chi connectivity index (χ0v) is 16.2. The van der Waals surface area contributed by atoms with E-state index in [0.29, 0.717) is 13.0 Å². The molecule has 1 aliphatic heterocycles. The Balaban J connectivity index is 1.51. The summed E-state index contributed by atoms with van der Waals surface area (Å²) in [5.74, 6) is 0.953. The van der Waals surface area contributed by atoms with Crippen molar-refractivity contribution in [1.82, 2.24) is 5.32 Å². The molecule has 3 rings (SSSR count). The van der Waals surface area contributed by atoms with E-state index in [1.54, 1.807) is 0 Å². The number of hydrogen-bond donors (Lipinski definition) is 2. The van der Waals surface area contributed by atoms with Gasteiger partial charge in [0.05, 0.1) is 6.61 Å². The number of nitrogens with zero attached hydrogens (tertiary/aromatic N) is 1. The number of halogens is 1. The van der Waals surface area contributed by atoms with Crippen LogP contribution in [0, 0.1) is 0 Å². The molecule has 0 atom stereocenters. The van der Waals surface area contributed by atoms with Gasteiger partial charge in [0, 0.05) is 36.2 Å². The molecular weight excluding hydrogens is 396 g/mol. The Morgan fingerprint density at radius 1 is 1.15 bits per heavy atom. The molecule has 1 saturated heterocycles. The SMILES string of the molecule is O=C1CCCN1c1ccc(CNCc2ccc(OCCO)cc2Br)cc1. The quantitative estimate of drug-likeness (QED) is 0.690. The second kappa shape index (κ2) is 9.16. The summed E-state index contributed by atoms with van der Waals surface area (Å²) < 4.78 is 6.37. The zero-order chi connectivity index (χ0) is 18.4. The molecule has 1 aliphatic rings. The first-order chi connectivity index (χ1) is 12.7. The van der Waals surface area contributed by atoms with E-state index in [1.165, 1.54) is 5.56 Å². The van der Waals surface area contributed by atoms with Gasteiger partial charge in [0.15, 0.2) is 0 Å². The number of amides is 1. The van der Waals surface area contributed by atoms with Crippen LogP contribution in [-0.4, -0.2) is 30.8 Å². The van der Waals surface area contributed by atoms with Gasteiger partial charge in [-0.1, -0.05) is 34.1 Å². The summed E-state index contributed by atoms with van der Waals surface area (Å²) in [4.78, 5) is 13.6. The smallest absolute Gasteiger partial charge is 0.227 e. The Kier molecular flexibility index (Phi) is 6.66. The normalized spacial score (nSPS) is 14.1. The Morgan fingerprint density at radius 3 is 2.62 bits per heavy atom. The first kappa shape index (κ1) is 18.9. The highest BCUT2D eigenvalue weighted by Crippen LogP contribution is 2.24. The largest absolute Gasteiger partial charge is 0.491 e. The predicted molar refractivity (Wildman–Crippen MR) is 105 cm³/mol. The summed E-state index contributed by atoms with van der Waals surface area (Å²) in [7, 11) is 0. The summed E-state index contributed by atoms with van der Waals surface area (Å²) in [6.07, 6.45) is 1.60. The second-order valence-electron chi connectivity index (χ2n) is 6.24. The summed E-state index contributed by atoms with van der Waals surface area (Å²) in [6.45, 7) is 2.60. The van der Waals surface area contributed by atoms with Crippen LogP contribution in [-0.2, 0) is 17.9 Å². The first-order valence-corrected chi connectivity index (χ1v) is 9.59. The van der Waals surface area contributed by atoms with Gasteiger partial charge in [-0.2, -0.15) is 0 Å². The predicted octanol–water partition coefficient (Wildman–Crippen LogP) is 3.24. The number of anilines is 1. The molecule has 1 amide bonds. The van der Waals surface area contributed by atoms with Gasteiger partial charge >= 0.3 is 0 Å². The van der Waals surface area contributed by atoms with Crippen LogP contribution in [0.15, 0.2) is 46.9 Å². The summed E-state index contributed by atoms with van der Waals surface area (Å²) in [5.41, 5.74) is 3.30. The summed E-state index contributed by atoms with van der Waals surface area (Å²) in [5, 5.41) is 12.2. The number of ether oxygens (including phenoxy) is 1. The average Bonchev–Trinajstić information content (AvgIpc) is 3.08. The lowest BCUT2D eigenvalue weighted by Crippen LogP contribution is -2.23. The molecule has 2 aromatic rings. The van der Waals surface area contributed by atoms with Crippen molar-refractivity contribution < 1.29 is 14.6 Å². The molecule has 0 aromatic heterocycles. The fourth-order valence-corrected chi connectivity index (χ4v) is 3.48. The molecular formula is C20H23BrN2O3. The standard InChI is InChI=1S/C20H23BrN2O3/c21-19-12-18(26-11-10-24)8-5-16(19)14-22-13-15-3-6-17(7-4-15)23-9-1-2-20(23)25/h3-8,12,22,24H,1-2,9-11,13-14H2. The van der Waals surface area contributed by atoms with Crippen LogP contribution in [0.3, 0.4) is 0 Å². The van der Waals surface area contributed by atoms with E-state index in [-0.39, 0.29) is 12.5 Å². The molecule has 0 radical (unpaired) electrons. The van der Waals surface area contributed by atoms with Gasteiger partial charge in [0.2, 0.25) is 5.91 Å². The first-order valence-electron chi connectivity index (χ1n) is 8.79. The third-order valence-corrected chi connectivity index (χ3v) is 5.09. The molecule has 1 heterocycles. The van der Waals surface area contributed by atoms with E-state index in [2.05, 4.69) is 33.4 Å². The minimum Gasteiger partial charge on any atom is -0.491 e. The third kappa shape index (κ3) is 4.84. The Bertz CT molecular complexity index is 749. The van der Waals surface area contributed by atoms with E-state index in [1.807, 2.05) is 35.2 Å². The van der Waals surface area contributed by atoms with Crippen LogP contribution in [0.1, 0.15) is 24.0 Å². The number of carbonyl (C=O) groups excluding carboxylic acids is 1. The zero-order valence-electron chi connectivity index (χ0n) is 14.6. The summed E-state index contributed by atoms with van der Waals surface area (Å²) in [6, 6.07) is 14.0. The number of hydrogen-bond acceptors (Lipinski definition) is 4. The van der Waals surface area contributed by atoms with Gasteiger partial charge in [-0.25, -0.2) is 0 Å². The number of nitrogens with one attached hydrogen (secondary N) is 1. The fourth-order valence-electron chi connectivity index (χ4n) is 2.98. The minimum atomic E-state index is 0.00559. The topological polar surface area (TPSA) is 61.8 Å². The molecule has 26 heavy (non-hydrogen) atoms. The monoisotopic (exact) mass is 418 g/mol. The van der Waals surface area contributed by atoms with E-state index in [0.717, 1.165) is 47.5 Å². The molecule has 2 N–H and O–H groups in total. The highest BCUT2D eigenvalue weighted by Gasteiger charge is 2.21. The number of carbonyl (C=O) groups is 1. The maximum Gasteiger partial charge on any atom is 0.227 e. The maximum atomic E-state index is 11.8. The van der Waals surface area contributed by atoms with Crippen molar-refractivity contribution in [2.24, 2.45) is 0 Å². The van der Waals surface area contributed by atoms with Crippen molar-refractivity contribution in [3.05, 3.63) is 58.1 Å². The van der Waals surface area contributed by atoms with Crippen molar-refractivity contribution in [2.75, 3.05) is 24.7 Å². The van der Waals surface area contributed by atoms with Gasteiger partial charge in [0.25, 0.3) is 0 Å². The molecule has 1 fully saturated rings. The van der Waals surface area contributed by atoms with Crippen LogP contribution >= 0.6 is 15.9 Å². The lowest BCUT2D eigenvalue weighted by molar-refractivity contribution is -0.117. The average molecular weight is 419 g/mol. The molecule has 0 saturated carbocycles. The second-order valence-corrected chi connectivity index (χ2v) is 7.10. The molecule has 0 aliphatic carbocycles. The van der Waals surface area contributed by atoms with Crippen LogP contribution < -0.4 is 15.0 Å². The Hall–Kier alpha value is -1.89. The molecule has 138 valence electrons. The highest BCUT2D eigenvalue weighted by molar-refractivity contribution is 9.10. The number of aliphatic hydroxyl groups excluding tert-OH is 1. The highest BCUT2D eigenvalue weighted by atomic mass is 79.9. The van der Waals surface area contributed by atoms with Crippen molar-refractivity contribution in [3.8, 4) is 5.75 Å². The molecule has 0 spiro atoms. The number of rotatable bonds is 8. The van der Waals surface area contributed by atoms with Gasteiger partial charge in [0.1, 0.15) is 12.4 Å². The van der Waals surface area contributed by atoms with Crippen molar-refractivity contribution in [3.63, 3.8) is 0 Å². The maximum absolute atomic E-state index is 11.8. The summed E-state index contributed by atoms with van der Waals surface area (Å²) >= 11 is 3.56. The van der Waals surface area contributed by atoms with Gasteiger partial charge in [-0.05, 0) is 41.8 Å². The lowest BCUT2D eigenvalue weighted by atomic mass is 10.1. The van der Waals surface area contributed by atoms with Crippen molar-refractivity contribution in [1.29, 1.82) is 0 Å². The molecule has 6 heteroatoms. The number of benzene rings is 2. The molecule has 2 aromatic carbocycles. The Labute approximate surface area is 162 Å². The van der Waals surface area contributed by atoms with Gasteiger partial charge < -0.3 is 20.1 Å². The molecule has 5 nitrogen and oxygen atoms in total. The van der Waals surface area contributed by atoms with E-state index >= 15 is 0 Å². The minimum absolute atomic E-state index is 0.00559. The Morgan fingerprint density at radius 2 is 1.96 bits per heavy atom. The van der Waals surface area contributed by atoms with Gasteiger partial charge in [-0.15, -0.1) is 0 Å². The van der Waals surface area contributed by atoms with Crippen molar-refractivity contribution >= 4 is 27.5 Å². The van der Waals surface area contributed by atoms with Crippen LogP contribution in [0.2, 0.25) is 0 Å². The van der Waals surface area contributed by atoms with Gasteiger partial charge in [-0.3, -0.25) is 4.79 Å². The lowest BCUT2D eigenvalue weighted by Gasteiger charge is -2.16.